The van der Waals surface area contributed by atoms with Gasteiger partial charge in [-0.1, -0.05) is 17.7 Å². The second kappa shape index (κ2) is 10.0. The summed E-state index contributed by atoms with van der Waals surface area (Å²) in [5, 5.41) is 2.20. The third-order valence-electron chi connectivity index (χ3n) is 4.53. The Morgan fingerprint density at radius 2 is 1.91 bits per heavy atom. The summed E-state index contributed by atoms with van der Waals surface area (Å²) in [5.74, 6) is -1.06. The Bertz CT molecular complexity index is 1180. The molecule has 1 saturated heterocycles. The molecule has 2 amide bonds. The number of hydrogen-bond acceptors (Lipinski definition) is 5. The minimum absolute atomic E-state index is 0.135. The highest BCUT2D eigenvalue weighted by molar-refractivity contribution is 7.80. The smallest absolute Gasteiger partial charge is 0.416 e. The normalized spacial score (nSPS) is 15.7. The van der Waals surface area contributed by atoms with Gasteiger partial charge in [0.15, 0.2) is 16.6 Å². The van der Waals surface area contributed by atoms with E-state index in [0.29, 0.717) is 23.7 Å². The zero-order valence-corrected chi connectivity index (χ0v) is 19.9. The summed E-state index contributed by atoms with van der Waals surface area (Å²) in [6.45, 7) is 5.71. The Balaban J connectivity index is 2.05. The minimum atomic E-state index is -4.62. The average Bonchev–Trinajstić information content (AvgIpc) is 2.73. The topological polar surface area (TPSA) is 67.9 Å². The quantitative estimate of drug-likeness (QED) is 0.320. The molecule has 0 atom stereocenters. The van der Waals surface area contributed by atoms with Crippen molar-refractivity contribution in [2.75, 3.05) is 11.5 Å². The number of benzene rings is 2. The lowest BCUT2D eigenvalue weighted by atomic mass is 10.1. The molecule has 0 bridgehead atoms. The number of nitrogens with one attached hydrogen (secondary N) is 1. The van der Waals surface area contributed by atoms with Crippen molar-refractivity contribution in [3.63, 3.8) is 0 Å². The van der Waals surface area contributed by atoms with Crippen molar-refractivity contribution in [1.82, 2.24) is 5.32 Å². The predicted octanol–water partition coefficient (Wildman–Crippen LogP) is 5.38. The molecule has 1 fully saturated rings. The van der Waals surface area contributed by atoms with Crippen molar-refractivity contribution < 1.29 is 32.2 Å². The molecular formula is C23H20ClF3N2O4S. The maximum absolute atomic E-state index is 13.2. The number of halogens is 4. The van der Waals surface area contributed by atoms with Gasteiger partial charge in [-0.3, -0.25) is 19.8 Å². The summed E-state index contributed by atoms with van der Waals surface area (Å²) < 4.78 is 50.8. The fraction of sp³-hybridized carbons (Fsp3) is 0.261. The molecule has 3 rings (SSSR count). The van der Waals surface area contributed by atoms with Crippen LogP contribution in [0.4, 0.5) is 18.9 Å². The van der Waals surface area contributed by atoms with E-state index in [1.165, 1.54) is 18.2 Å². The van der Waals surface area contributed by atoms with Gasteiger partial charge in [0, 0.05) is 0 Å². The van der Waals surface area contributed by atoms with Crippen LogP contribution in [0, 0.1) is 0 Å². The van der Waals surface area contributed by atoms with E-state index >= 15 is 0 Å². The highest BCUT2D eigenvalue weighted by atomic mass is 35.5. The second-order valence-corrected chi connectivity index (χ2v) is 8.23. The monoisotopic (exact) mass is 512 g/mol. The Morgan fingerprint density at radius 1 is 1.21 bits per heavy atom. The number of alkyl halides is 3. The highest BCUT2D eigenvalue weighted by Crippen LogP contribution is 2.38. The highest BCUT2D eigenvalue weighted by Gasteiger charge is 2.36. The Kier molecular flexibility index (Phi) is 7.52. The van der Waals surface area contributed by atoms with Gasteiger partial charge >= 0.3 is 6.18 Å². The lowest BCUT2D eigenvalue weighted by Gasteiger charge is -2.29. The Morgan fingerprint density at radius 3 is 2.53 bits per heavy atom. The van der Waals surface area contributed by atoms with E-state index in [2.05, 4.69) is 5.32 Å². The molecule has 180 valence electrons. The summed E-state index contributed by atoms with van der Waals surface area (Å²) in [6, 6.07) is 7.11. The number of amides is 2. The Hall–Kier alpha value is -3.11. The van der Waals surface area contributed by atoms with Crippen molar-refractivity contribution in [3.8, 4) is 11.5 Å². The number of anilines is 1. The SMILES string of the molecule is CCOc1cc(/C=C2\C(=O)NC(=S)N(c3cccc(C(F)(F)F)c3)C2=O)cc(Cl)c1OC(C)C. The van der Waals surface area contributed by atoms with Crippen LogP contribution >= 0.6 is 23.8 Å². The van der Waals surface area contributed by atoms with E-state index in [9.17, 15) is 22.8 Å². The van der Waals surface area contributed by atoms with Gasteiger partial charge in [0.05, 0.1) is 29.0 Å². The van der Waals surface area contributed by atoms with Crippen LogP contribution in [0.15, 0.2) is 42.0 Å². The van der Waals surface area contributed by atoms with Crippen LogP contribution in [0.2, 0.25) is 5.02 Å². The summed E-state index contributed by atoms with van der Waals surface area (Å²) in [4.78, 5) is 26.5. The first-order valence-electron chi connectivity index (χ1n) is 10.1. The van der Waals surface area contributed by atoms with Gasteiger partial charge < -0.3 is 9.47 Å². The summed E-state index contributed by atoms with van der Waals surface area (Å²) >= 11 is 11.4. The third kappa shape index (κ3) is 5.51. The zero-order valence-electron chi connectivity index (χ0n) is 18.3. The fourth-order valence-corrected chi connectivity index (χ4v) is 3.71. The molecule has 6 nitrogen and oxygen atoms in total. The van der Waals surface area contributed by atoms with Gasteiger partial charge in [-0.2, -0.15) is 13.2 Å². The molecule has 0 spiro atoms. The maximum atomic E-state index is 13.2. The van der Waals surface area contributed by atoms with Crippen LogP contribution in [-0.2, 0) is 15.8 Å². The van der Waals surface area contributed by atoms with Crippen LogP contribution in [0.5, 0.6) is 11.5 Å². The van der Waals surface area contributed by atoms with E-state index in [0.717, 1.165) is 23.1 Å². The summed E-state index contributed by atoms with van der Waals surface area (Å²) in [6.07, 6.45) is -3.55. The predicted molar refractivity (Wildman–Crippen MR) is 126 cm³/mol. The summed E-state index contributed by atoms with van der Waals surface area (Å²) in [7, 11) is 0. The van der Waals surface area contributed by atoms with Crippen LogP contribution in [0.25, 0.3) is 6.08 Å². The molecule has 0 aromatic heterocycles. The molecule has 0 radical (unpaired) electrons. The first-order valence-corrected chi connectivity index (χ1v) is 10.9. The van der Waals surface area contributed by atoms with Gasteiger partial charge in [-0.05, 0) is 75.0 Å². The third-order valence-corrected chi connectivity index (χ3v) is 5.10. The largest absolute Gasteiger partial charge is 0.490 e. The first kappa shape index (κ1) is 25.5. The van der Waals surface area contributed by atoms with Gasteiger partial charge in [-0.25, -0.2) is 0 Å². The van der Waals surface area contributed by atoms with Gasteiger partial charge in [0.2, 0.25) is 0 Å². The molecule has 0 aliphatic carbocycles. The number of rotatable bonds is 6. The van der Waals surface area contributed by atoms with E-state index in [1.54, 1.807) is 13.0 Å². The summed E-state index contributed by atoms with van der Waals surface area (Å²) in [5.41, 5.74) is -1.09. The van der Waals surface area contributed by atoms with E-state index < -0.39 is 23.6 Å². The van der Waals surface area contributed by atoms with Crippen LogP contribution in [0.1, 0.15) is 31.9 Å². The zero-order chi connectivity index (χ0) is 25.2. The second-order valence-electron chi connectivity index (χ2n) is 7.44. The number of carbonyl (C=O) groups is 2. The van der Waals surface area contributed by atoms with Crippen molar-refractivity contribution >= 4 is 52.5 Å². The van der Waals surface area contributed by atoms with Crippen molar-refractivity contribution in [1.29, 1.82) is 0 Å². The van der Waals surface area contributed by atoms with Crippen LogP contribution in [-0.4, -0.2) is 29.6 Å². The lowest BCUT2D eigenvalue weighted by Crippen LogP contribution is -2.54. The molecule has 2 aromatic rings. The number of nitrogens with zero attached hydrogens (tertiary/aromatic N) is 1. The first-order chi connectivity index (χ1) is 15.9. The Labute approximate surface area is 204 Å². The van der Waals surface area contributed by atoms with E-state index in [1.807, 2.05) is 13.8 Å². The fourth-order valence-electron chi connectivity index (χ4n) is 3.16. The molecular weight excluding hydrogens is 493 g/mol. The van der Waals surface area contributed by atoms with Crippen LogP contribution < -0.4 is 19.7 Å². The minimum Gasteiger partial charge on any atom is -0.490 e. The van der Waals surface area contributed by atoms with Crippen molar-refractivity contribution in [3.05, 3.63) is 58.1 Å². The molecule has 11 heteroatoms. The van der Waals surface area contributed by atoms with Crippen LogP contribution in [0.3, 0.4) is 0 Å². The maximum Gasteiger partial charge on any atom is 0.416 e. The van der Waals surface area contributed by atoms with Gasteiger partial charge in [-0.15, -0.1) is 0 Å². The van der Waals surface area contributed by atoms with Crippen molar-refractivity contribution in [2.45, 2.75) is 33.1 Å². The van der Waals surface area contributed by atoms with Gasteiger partial charge in [0.25, 0.3) is 11.8 Å². The number of carbonyl (C=O) groups excluding carboxylic acids is 2. The molecule has 34 heavy (non-hydrogen) atoms. The molecule has 1 N–H and O–H groups in total. The molecule has 0 saturated carbocycles. The number of hydrogen-bond donors (Lipinski definition) is 1. The van der Waals surface area contributed by atoms with E-state index in [4.69, 9.17) is 33.3 Å². The van der Waals surface area contributed by atoms with Crippen molar-refractivity contribution in [2.24, 2.45) is 0 Å². The standard InChI is InChI=1S/C23H20ClF3N2O4S/c1-4-32-18-10-13(9-17(24)19(18)33-12(2)3)8-16-20(30)28-22(34)29(21(16)31)15-7-5-6-14(11-15)23(25,26)27/h5-12H,4H2,1-3H3,(H,28,30,34)/b16-8+. The number of ether oxygens (including phenoxy) is 2. The van der Waals surface area contributed by atoms with E-state index in [-0.39, 0.29) is 27.5 Å². The average molecular weight is 513 g/mol. The lowest BCUT2D eigenvalue weighted by molar-refractivity contribution is -0.137. The molecule has 2 aromatic carbocycles. The molecule has 1 heterocycles. The molecule has 0 unspecified atom stereocenters. The molecule has 1 aliphatic rings. The van der Waals surface area contributed by atoms with Gasteiger partial charge in [0.1, 0.15) is 5.57 Å². The molecule has 1 aliphatic heterocycles. The number of thiocarbonyl (C=S) groups is 1.